The Labute approximate surface area is 205 Å². The highest BCUT2D eigenvalue weighted by Gasteiger charge is 2.55. The molecule has 184 valence electrons. The lowest BCUT2D eigenvalue weighted by atomic mass is 9.84. The molecule has 7 nitrogen and oxygen atoms in total. The first-order valence-electron chi connectivity index (χ1n) is 12.4. The van der Waals surface area contributed by atoms with Gasteiger partial charge in [0.1, 0.15) is 17.7 Å². The number of alkyl carbamates (subject to hydrolysis) is 1. The smallest absolute Gasteiger partial charge is 0.408 e. The maximum absolute atomic E-state index is 13.7. The molecule has 1 heterocycles. The number of fused-ring (bicyclic) bond motifs is 3. The van der Waals surface area contributed by atoms with Crippen LogP contribution in [-0.4, -0.2) is 52.2 Å². The van der Waals surface area contributed by atoms with Gasteiger partial charge in [0, 0.05) is 12.5 Å². The van der Waals surface area contributed by atoms with Gasteiger partial charge in [0.05, 0.1) is 0 Å². The van der Waals surface area contributed by atoms with Crippen LogP contribution in [0, 0.1) is 5.92 Å². The van der Waals surface area contributed by atoms with Crippen LogP contribution in [0.4, 0.5) is 4.79 Å². The van der Waals surface area contributed by atoms with Crippen molar-refractivity contribution in [2.75, 3.05) is 13.2 Å². The second kappa shape index (κ2) is 8.70. The molecular formula is C28H32N2O5. The number of amides is 2. The number of likely N-dealkylation sites (tertiary alicyclic amines) is 1. The molecule has 0 bridgehead atoms. The minimum absolute atomic E-state index is 0.0320. The van der Waals surface area contributed by atoms with Crippen molar-refractivity contribution in [1.29, 1.82) is 0 Å². The Morgan fingerprint density at radius 1 is 1.06 bits per heavy atom. The van der Waals surface area contributed by atoms with Crippen molar-refractivity contribution in [2.24, 2.45) is 5.92 Å². The number of nitrogens with zero attached hydrogens (tertiary/aromatic N) is 1. The standard InChI is InChI=1S/C28H32N2O5/c1-27(25(32)33)15-7-8-16-30(27)24(31)28(2,18-13-14-18)29-26(34)35-17-23-21-11-5-3-9-19(21)20-10-4-6-12-22(20)23/h3-6,9-12,18,23H,7-8,13-17H2,1-2H3,(H,29,34)(H,32,33). The number of nitrogens with one attached hydrogen (secondary N) is 1. The maximum atomic E-state index is 13.7. The highest BCUT2D eigenvalue weighted by molar-refractivity contribution is 5.94. The Bertz CT molecular complexity index is 1130. The van der Waals surface area contributed by atoms with Crippen molar-refractivity contribution in [1.82, 2.24) is 10.2 Å². The van der Waals surface area contributed by atoms with E-state index in [1.807, 2.05) is 24.3 Å². The van der Waals surface area contributed by atoms with Gasteiger partial charge in [-0.3, -0.25) is 4.79 Å². The summed E-state index contributed by atoms with van der Waals surface area (Å²) in [5.74, 6) is -1.45. The third-order valence-electron chi connectivity index (χ3n) is 8.14. The summed E-state index contributed by atoms with van der Waals surface area (Å²) in [7, 11) is 0. The zero-order valence-electron chi connectivity index (χ0n) is 20.3. The van der Waals surface area contributed by atoms with Gasteiger partial charge in [-0.2, -0.15) is 0 Å². The molecule has 7 heteroatoms. The van der Waals surface area contributed by atoms with E-state index in [1.165, 1.54) is 4.90 Å². The van der Waals surface area contributed by atoms with E-state index in [0.717, 1.165) is 47.9 Å². The molecule has 2 amide bonds. The van der Waals surface area contributed by atoms with E-state index in [9.17, 15) is 19.5 Å². The number of piperidine rings is 1. The minimum Gasteiger partial charge on any atom is -0.480 e. The summed E-state index contributed by atoms with van der Waals surface area (Å²) in [6.07, 6.45) is 2.88. The van der Waals surface area contributed by atoms with Gasteiger partial charge in [0.2, 0.25) is 5.91 Å². The summed E-state index contributed by atoms with van der Waals surface area (Å²) >= 11 is 0. The van der Waals surface area contributed by atoms with Gasteiger partial charge in [-0.1, -0.05) is 48.5 Å². The van der Waals surface area contributed by atoms with Crippen LogP contribution < -0.4 is 5.32 Å². The summed E-state index contributed by atoms with van der Waals surface area (Å²) in [6, 6.07) is 16.2. The number of aliphatic carboxylic acids is 1. The van der Waals surface area contributed by atoms with Crippen LogP contribution in [-0.2, 0) is 14.3 Å². The Morgan fingerprint density at radius 2 is 1.66 bits per heavy atom. The Hall–Kier alpha value is -3.35. The fraction of sp³-hybridized carbons (Fsp3) is 0.464. The van der Waals surface area contributed by atoms with Crippen LogP contribution in [0.25, 0.3) is 11.1 Å². The lowest BCUT2D eigenvalue weighted by Crippen LogP contribution is -2.66. The van der Waals surface area contributed by atoms with Crippen LogP contribution in [0.2, 0.25) is 0 Å². The number of hydrogen-bond donors (Lipinski definition) is 2. The molecule has 0 radical (unpaired) electrons. The van der Waals surface area contributed by atoms with E-state index < -0.39 is 23.1 Å². The number of carboxylic acid groups (broad SMARTS) is 1. The highest BCUT2D eigenvalue weighted by Crippen LogP contribution is 2.45. The molecule has 3 aliphatic rings. The van der Waals surface area contributed by atoms with Crippen molar-refractivity contribution in [3.05, 3.63) is 59.7 Å². The van der Waals surface area contributed by atoms with E-state index in [-0.39, 0.29) is 24.3 Å². The lowest BCUT2D eigenvalue weighted by Gasteiger charge is -2.45. The lowest BCUT2D eigenvalue weighted by molar-refractivity contribution is -0.164. The van der Waals surface area contributed by atoms with E-state index in [1.54, 1.807) is 13.8 Å². The zero-order valence-corrected chi connectivity index (χ0v) is 20.3. The Kier molecular flexibility index (Phi) is 5.82. The largest absolute Gasteiger partial charge is 0.480 e. The van der Waals surface area contributed by atoms with E-state index in [2.05, 4.69) is 29.6 Å². The number of carbonyl (C=O) groups excluding carboxylic acids is 2. The van der Waals surface area contributed by atoms with Gasteiger partial charge in [-0.05, 0) is 74.1 Å². The quantitative estimate of drug-likeness (QED) is 0.638. The molecule has 1 saturated heterocycles. The topological polar surface area (TPSA) is 95.9 Å². The second-order valence-electron chi connectivity index (χ2n) is 10.4. The third-order valence-corrected chi connectivity index (χ3v) is 8.14. The fourth-order valence-corrected chi connectivity index (χ4v) is 5.79. The molecule has 2 unspecified atom stereocenters. The molecular weight excluding hydrogens is 444 g/mol. The molecule has 2 aliphatic carbocycles. The molecule has 2 N–H and O–H groups in total. The molecule has 35 heavy (non-hydrogen) atoms. The SMILES string of the molecule is CC(NC(=O)OCC1c2ccccc2-c2ccccc21)(C(=O)N1CCCCC1(C)C(=O)O)C1CC1. The van der Waals surface area contributed by atoms with Gasteiger partial charge >= 0.3 is 12.1 Å². The third kappa shape index (κ3) is 3.97. The van der Waals surface area contributed by atoms with Crippen LogP contribution in [0.3, 0.4) is 0 Å². The predicted octanol–water partition coefficient (Wildman–Crippen LogP) is 4.55. The summed E-state index contributed by atoms with van der Waals surface area (Å²) < 4.78 is 5.71. The number of carbonyl (C=O) groups is 3. The number of rotatable bonds is 6. The predicted molar refractivity (Wildman–Crippen MR) is 131 cm³/mol. The zero-order chi connectivity index (χ0) is 24.8. The van der Waals surface area contributed by atoms with Crippen molar-refractivity contribution in [3.63, 3.8) is 0 Å². The number of ether oxygens (including phenoxy) is 1. The van der Waals surface area contributed by atoms with E-state index >= 15 is 0 Å². The van der Waals surface area contributed by atoms with Crippen molar-refractivity contribution in [3.8, 4) is 11.1 Å². The minimum atomic E-state index is -1.27. The van der Waals surface area contributed by atoms with Gasteiger partial charge in [-0.15, -0.1) is 0 Å². The molecule has 0 spiro atoms. The number of carboxylic acids is 1. The summed E-state index contributed by atoms with van der Waals surface area (Å²) in [4.78, 5) is 40.3. The molecule has 2 fully saturated rings. The van der Waals surface area contributed by atoms with Crippen LogP contribution >= 0.6 is 0 Å². The van der Waals surface area contributed by atoms with Gasteiger partial charge in [-0.25, -0.2) is 9.59 Å². The first-order chi connectivity index (χ1) is 16.8. The van der Waals surface area contributed by atoms with E-state index in [4.69, 9.17) is 4.74 Å². The second-order valence-corrected chi connectivity index (χ2v) is 10.4. The fourth-order valence-electron chi connectivity index (χ4n) is 5.79. The van der Waals surface area contributed by atoms with Crippen LogP contribution in [0.1, 0.15) is 63.0 Å². The Balaban J connectivity index is 1.32. The molecule has 0 aromatic heterocycles. The first-order valence-corrected chi connectivity index (χ1v) is 12.4. The Morgan fingerprint density at radius 3 is 2.23 bits per heavy atom. The summed E-state index contributed by atoms with van der Waals surface area (Å²) in [5, 5.41) is 12.7. The average molecular weight is 477 g/mol. The van der Waals surface area contributed by atoms with Crippen molar-refractivity contribution in [2.45, 2.75) is 62.9 Å². The highest BCUT2D eigenvalue weighted by atomic mass is 16.5. The van der Waals surface area contributed by atoms with Gasteiger partial charge in [0.25, 0.3) is 0 Å². The van der Waals surface area contributed by atoms with Crippen LogP contribution in [0.5, 0.6) is 0 Å². The van der Waals surface area contributed by atoms with Crippen molar-refractivity contribution >= 4 is 18.0 Å². The molecule has 1 saturated carbocycles. The van der Waals surface area contributed by atoms with E-state index in [0.29, 0.717) is 13.0 Å². The number of hydrogen-bond acceptors (Lipinski definition) is 4. The van der Waals surface area contributed by atoms with Crippen molar-refractivity contribution < 1.29 is 24.2 Å². The average Bonchev–Trinajstić information content (AvgIpc) is 3.66. The molecule has 2 aromatic carbocycles. The molecule has 2 atom stereocenters. The van der Waals surface area contributed by atoms with Gasteiger partial charge < -0.3 is 20.1 Å². The normalized spacial score (nSPS) is 23.1. The summed E-state index contributed by atoms with van der Waals surface area (Å²) in [5.41, 5.74) is 2.06. The molecule has 2 aromatic rings. The maximum Gasteiger partial charge on any atom is 0.408 e. The molecule has 1 aliphatic heterocycles. The molecule has 5 rings (SSSR count). The van der Waals surface area contributed by atoms with Crippen LogP contribution in [0.15, 0.2) is 48.5 Å². The summed E-state index contributed by atoms with van der Waals surface area (Å²) in [6.45, 7) is 3.85. The van der Waals surface area contributed by atoms with Gasteiger partial charge in [0.15, 0.2) is 0 Å². The number of benzene rings is 2. The monoisotopic (exact) mass is 476 g/mol. The first kappa shape index (κ1) is 23.4.